The first kappa shape index (κ1) is 20.7. The first-order valence-corrected chi connectivity index (χ1v) is 12.7. The monoisotopic (exact) mass is 431 g/mol. The quantitative estimate of drug-likeness (QED) is 0.277. The maximum Gasteiger partial charge on any atom is 0.0783 e. The number of benzene rings is 3. The van der Waals surface area contributed by atoms with Crippen molar-refractivity contribution >= 4 is 10.8 Å². The molecule has 1 heteroatoms. The summed E-state index contributed by atoms with van der Waals surface area (Å²) in [5.41, 5.74) is 12.4. The van der Waals surface area contributed by atoms with Crippen LogP contribution in [0.25, 0.3) is 33.2 Å². The van der Waals surface area contributed by atoms with Gasteiger partial charge in [-0.2, -0.15) is 0 Å². The van der Waals surface area contributed by atoms with E-state index < -0.39 is 0 Å². The van der Waals surface area contributed by atoms with Gasteiger partial charge >= 0.3 is 0 Å². The summed E-state index contributed by atoms with van der Waals surface area (Å²) in [7, 11) is 0. The Hall–Kier alpha value is -2.93. The zero-order valence-electron chi connectivity index (χ0n) is 20.1. The van der Waals surface area contributed by atoms with Gasteiger partial charge in [0, 0.05) is 17.1 Å². The summed E-state index contributed by atoms with van der Waals surface area (Å²) in [6.45, 7) is 6.83. The zero-order chi connectivity index (χ0) is 22.5. The van der Waals surface area contributed by atoms with Gasteiger partial charge in [0.05, 0.1) is 5.69 Å². The first-order valence-electron chi connectivity index (χ1n) is 12.7. The Bertz CT molecular complexity index is 1350. The zero-order valence-corrected chi connectivity index (χ0v) is 20.1. The number of aryl methyl sites for hydroxylation is 1. The topological polar surface area (TPSA) is 12.9 Å². The van der Waals surface area contributed by atoms with Crippen LogP contribution >= 0.6 is 0 Å². The van der Waals surface area contributed by atoms with Crippen LogP contribution in [-0.2, 0) is 12.8 Å². The van der Waals surface area contributed by atoms with Gasteiger partial charge in [-0.25, -0.2) is 0 Å². The molecule has 2 aliphatic rings. The Kier molecular flexibility index (Phi) is 5.09. The van der Waals surface area contributed by atoms with Crippen molar-refractivity contribution in [1.29, 1.82) is 0 Å². The van der Waals surface area contributed by atoms with Crippen LogP contribution in [-0.4, -0.2) is 4.98 Å². The molecular weight excluding hydrogens is 398 g/mol. The van der Waals surface area contributed by atoms with Crippen molar-refractivity contribution in [2.24, 2.45) is 5.92 Å². The van der Waals surface area contributed by atoms with E-state index in [1.807, 2.05) is 0 Å². The van der Waals surface area contributed by atoms with Crippen LogP contribution in [0.1, 0.15) is 73.3 Å². The maximum absolute atomic E-state index is 5.18. The Balaban J connectivity index is 1.59. The third kappa shape index (κ3) is 3.59. The first-order chi connectivity index (χ1) is 16.1. The molecule has 1 saturated carbocycles. The fraction of sp³-hybridized carbons (Fsp3) is 0.344. The van der Waals surface area contributed by atoms with Gasteiger partial charge in [0.1, 0.15) is 0 Å². The van der Waals surface area contributed by atoms with E-state index in [4.69, 9.17) is 4.98 Å². The minimum atomic E-state index is 0.619. The summed E-state index contributed by atoms with van der Waals surface area (Å²) in [6, 6.07) is 20.9. The van der Waals surface area contributed by atoms with Crippen LogP contribution in [0.2, 0.25) is 0 Å². The molecular formula is C32H33N. The number of pyridine rings is 1. The highest BCUT2D eigenvalue weighted by Gasteiger charge is 2.24. The van der Waals surface area contributed by atoms with Crippen molar-refractivity contribution in [2.75, 3.05) is 0 Å². The van der Waals surface area contributed by atoms with Crippen LogP contribution < -0.4 is 0 Å². The molecule has 6 rings (SSSR count). The molecule has 0 atom stereocenters. The number of hydrogen-bond donors (Lipinski definition) is 0. The second-order valence-electron chi connectivity index (χ2n) is 10.7. The molecule has 1 aromatic heterocycles. The molecule has 0 saturated heterocycles. The van der Waals surface area contributed by atoms with Crippen molar-refractivity contribution in [2.45, 2.75) is 65.2 Å². The molecule has 0 spiro atoms. The van der Waals surface area contributed by atoms with Gasteiger partial charge in [-0.3, -0.25) is 4.98 Å². The standard InChI is InChI=1S/C32H33N/c1-20(2)14-25-19-33-32(31-17-23(12-13-27(25)31)22-8-4-5-9-22)30-16-21(3)15-28-26-11-7-6-10-24(26)18-29(28)30/h6-7,10-13,15-17,19-20,22H,4-5,8-9,14,18H2,1-3H3. The van der Waals surface area contributed by atoms with Gasteiger partial charge < -0.3 is 0 Å². The fourth-order valence-electron chi connectivity index (χ4n) is 6.24. The molecule has 1 nitrogen and oxygen atoms in total. The maximum atomic E-state index is 5.18. The lowest BCUT2D eigenvalue weighted by Gasteiger charge is -2.18. The van der Waals surface area contributed by atoms with E-state index in [1.54, 1.807) is 0 Å². The summed E-state index contributed by atoms with van der Waals surface area (Å²) in [6.07, 6.45) is 9.62. The molecule has 1 fully saturated rings. The molecule has 0 amide bonds. The van der Waals surface area contributed by atoms with Crippen molar-refractivity contribution < 1.29 is 0 Å². The normalized spacial score (nSPS) is 15.4. The smallest absolute Gasteiger partial charge is 0.0783 e. The summed E-state index contributed by atoms with van der Waals surface area (Å²) in [5, 5.41) is 2.74. The summed E-state index contributed by atoms with van der Waals surface area (Å²) in [4.78, 5) is 5.18. The predicted octanol–water partition coefficient (Wildman–Crippen LogP) is 8.64. The largest absolute Gasteiger partial charge is 0.255 e. The van der Waals surface area contributed by atoms with E-state index >= 15 is 0 Å². The summed E-state index contributed by atoms with van der Waals surface area (Å²) >= 11 is 0. The van der Waals surface area contributed by atoms with E-state index in [9.17, 15) is 0 Å². The molecule has 0 bridgehead atoms. The highest BCUT2D eigenvalue weighted by atomic mass is 14.7. The van der Waals surface area contributed by atoms with E-state index in [2.05, 4.69) is 81.6 Å². The van der Waals surface area contributed by atoms with Crippen LogP contribution in [0, 0.1) is 12.8 Å². The van der Waals surface area contributed by atoms with E-state index in [0.29, 0.717) is 11.8 Å². The minimum Gasteiger partial charge on any atom is -0.255 e. The lowest BCUT2D eigenvalue weighted by Crippen LogP contribution is -2.01. The highest BCUT2D eigenvalue weighted by Crippen LogP contribution is 2.44. The summed E-state index contributed by atoms with van der Waals surface area (Å²) < 4.78 is 0. The Morgan fingerprint density at radius 1 is 0.879 bits per heavy atom. The lowest BCUT2D eigenvalue weighted by atomic mass is 9.89. The van der Waals surface area contributed by atoms with Crippen molar-refractivity contribution in [3.63, 3.8) is 0 Å². The van der Waals surface area contributed by atoms with Crippen molar-refractivity contribution in [1.82, 2.24) is 4.98 Å². The molecule has 0 unspecified atom stereocenters. The van der Waals surface area contributed by atoms with Gasteiger partial charge in [-0.15, -0.1) is 0 Å². The highest BCUT2D eigenvalue weighted by molar-refractivity contribution is 5.99. The number of fused-ring (bicyclic) bond motifs is 4. The molecule has 0 radical (unpaired) electrons. The van der Waals surface area contributed by atoms with Gasteiger partial charge in [0.2, 0.25) is 0 Å². The third-order valence-corrected chi connectivity index (χ3v) is 7.77. The number of nitrogens with zero attached hydrogens (tertiary/aromatic N) is 1. The molecule has 33 heavy (non-hydrogen) atoms. The summed E-state index contributed by atoms with van der Waals surface area (Å²) in [5.74, 6) is 1.33. The Labute approximate surface area is 197 Å². The van der Waals surface area contributed by atoms with Crippen LogP contribution in [0.5, 0.6) is 0 Å². The van der Waals surface area contributed by atoms with Crippen molar-refractivity contribution in [3.05, 3.63) is 88.6 Å². The molecule has 4 aromatic rings. The van der Waals surface area contributed by atoms with E-state index in [0.717, 1.165) is 12.8 Å². The second-order valence-corrected chi connectivity index (χ2v) is 10.7. The molecule has 166 valence electrons. The number of aromatic nitrogens is 1. The Morgan fingerprint density at radius 2 is 1.67 bits per heavy atom. The molecule has 2 aliphatic carbocycles. The molecule has 3 aromatic carbocycles. The number of hydrogen-bond acceptors (Lipinski definition) is 1. The van der Waals surface area contributed by atoms with Gasteiger partial charge in [0.25, 0.3) is 0 Å². The number of rotatable bonds is 4. The van der Waals surface area contributed by atoms with Crippen LogP contribution in [0.15, 0.2) is 60.8 Å². The van der Waals surface area contributed by atoms with Gasteiger partial charge in [0.15, 0.2) is 0 Å². The predicted molar refractivity (Wildman–Crippen MR) is 140 cm³/mol. The van der Waals surface area contributed by atoms with Crippen LogP contribution in [0.3, 0.4) is 0 Å². The van der Waals surface area contributed by atoms with Crippen molar-refractivity contribution in [3.8, 4) is 22.4 Å². The molecule has 1 heterocycles. The second kappa shape index (κ2) is 8.13. The molecule has 0 aliphatic heterocycles. The third-order valence-electron chi connectivity index (χ3n) is 7.77. The van der Waals surface area contributed by atoms with Gasteiger partial charge in [-0.05, 0) is 101 Å². The average Bonchev–Trinajstić information content (AvgIpc) is 3.47. The minimum absolute atomic E-state index is 0.619. The van der Waals surface area contributed by atoms with Gasteiger partial charge in [-0.1, -0.05) is 69.2 Å². The average molecular weight is 432 g/mol. The van der Waals surface area contributed by atoms with Crippen LogP contribution in [0.4, 0.5) is 0 Å². The molecule has 0 N–H and O–H groups in total. The van der Waals surface area contributed by atoms with E-state index in [-0.39, 0.29) is 0 Å². The fourth-order valence-corrected chi connectivity index (χ4v) is 6.24. The van der Waals surface area contributed by atoms with E-state index in [1.165, 1.54) is 86.7 Å². The SMILES string of the molecule is Cc1cc2c(c(-c3ncc(CC(C)C)c4ccc(C5CCCC5)cc34)c1)Cc1ccccc1-2. The Morgan fingerprint density at radius 3 is 2.48 bits per heavy atom. The lowest BCUT2D eigenvalue weighted by molar-refractivity contribution is 0.649.